The van der Waals surface area contributed by atoms with Crippen LogP contribution in [0.2, 0.25) is 0 Å². The highest BCUT2D eigenvalue weighted by atomic mass is 79.9. The van der Waals surface area contributed by atoms with Crippen LogP contribution >= 0.6 is 15.9 Å². The molecule has 0 aliphatic heterocycles. The number of methoxy groups -OCH3 is 1. The second-order valence-electron chi connectivity index (χ2n) is 5.46. The van der Waals surface area contributed by atoms with Crippen molar-refractivity contribution in [3.8, 4) is 17.0 Å². The fraction of sp³-hybridized carbons (Fsp3) is 0.235. The average molecular weight is 343 g/mol. The van der Waals surface area contributed by atoms with E-state index in [1.54, 1.807) is 7.11 Å². The summed E-state index contributed by atoms with van der Waals surface area (Å²) in [6.45, 7) is 2.09. The fourth-order valence-electron chi connectivity index (χ4n) is 3.05. The van der Waals surface area contributed by atoms with Gasteiger partial charge in [0.1, 0.15) is 11.4 Å². The Labute approximate surface area is 131 Å². The molecule has 0 fully saturated rings. The summed E-state index contributed by atoms with van der Waals surface area (Å²) in [4.78, 5) is 4.85. The molecule has 1 aromatic carbocycles. The molecule has 0 unspecified atom stereocenters. The van der Waals surface area contributed by atoms with Crippen LogP contribution in [0.15, 0.2) is 34.9 Å². The monoisotopic (exact) mass is 342 g/mol. The molecular weight excluding hydrogens is 328 g/mol. The molecule has 0 spiro atoms. The van der Waals surface area contributed by atoms with Gasteiger partial charge in [0.15, 0.2) is 0 Å². The van der Waals surface area contributed by atoms with Crippen LogP contribution in [0.1, 0.15) is 16.8 Å². The van der Waals surface area contributed by atoms with Gasteiger partial charge in [-0.2, -0.15) is 0 Å². The molecule has 21 heavy (non-hydrogen) atoms. The van der Waals surface area contributed by atoms with Crippen LogP contribution in [0.3, 0.4) is 0 Å². The maximum atomic E-state index is 5.33. The largest absolute Gasteiger partial charge is 0.497 e. The summed E-state index contributed by atoms with van der Waals surface area (Å²) >= 11 is 3.61. The molecule has 1 aliphatic carbocycles. The zero-order chi connectivity index (χ0) is 14.6. The van der Waals surface area contributed by atoms with Crippen LogP contribution in [0.5, 0.6) is 5.75 Å². The van der Waals surface area contributed by atoms with E-state index in [4.69, 9.17) is 9.72 Å². The predicted octanol–water partition coefficient (Wildman–Crippen LogP) is 4.18. The zero-order valence-electron chi connectivity index (χ0n) is 12.0. The highest BCUT2D eigenvalue weighted by Gasteiger charge is 2.22. The van der Waals surface area contributed by atoms with Crippen LogP contribution in [-0.4, -0.2) is 16.5 Å². The number of aromatic nitrogens is 2. The van der Waals surface area contributed by atoms with Crippen molar-refractivity contribution in [1.29, 1.82) is 0 Å². The molecule has 0 amide bonds. The zero-order valence-corrected chi connectivity index (χ0v) is 13.6. The molecular formula is C17H15BrN2O. The van der Waals surface area contributed by atoms with Crippen LogP contribution in [0.25, 0.3) is 16.9 Å². The van der Waals surface area contributed by atoms with E-state index in [0.717, 1.165) is 34.4 Å². The van der Waals surface area contributed by atoms with Gasteiger partial charge in [-0.3, -0.25) is 0 Å². The van der Waals surface area contributed by atoms with Crippen molar-refractivity contribution in [2.24, 2.45) is 0 Å². The van der Waals surface area contributed by atoms with E-state index >= 15 is 0 Å². The third-order valence-electron chi connectivity index (χ3n) is 4.20. The van der Waals surface area contributed by atoms with Crippen molar-refractivity contribution in [3.63, 3.8) is 0 Å². The molecule has 0 atom stereocenters. The van der Waals surface area contributed by atoms with E-state index in [2.05, 4.69) is 51.7 Å². The number of halogens is 1. The quantitative estimate of drug-likeness (QED) is 0.663. The number of hydrogen-bond acceptors (Lipinski definition) is 2. The minimum Gasteiger partial charge on any atom is -0.497 e. The van der Waals surface area contributed by atoms with Crippen LogP contribution < -0.4 is 4.74 Å². The van der Waals surface area contributed by atoms with Gasteiger partial charge >= 0.3 is 0 Å². The fourth-order valence-corrected chi connectivity index (χ4v) is 3.37. The maximum Gasteiger partial charge on any atom is 0.137 e. The van der Waals surface area contributed by atoms with E-state index in [1.165, 1.54) is 22.4 Å². The average Bonchev–Trinajstić information content (AvgIpc) is 2.85. The molecule has 1 aliphatic rings. The molecule has 0 radical (unpaired) electrons. The molecule has 2 aromatic heterocycles. The van der Waals surface area contributed by atoms with Crippen LogP contribution in [0, 0.1) is 6.92 Å². The summed E-state index contributed by atoms with van der Waals surface area (Å²) in [5.74, 6) is 0.916. The first-order valence-corrected chi connectivity index (χ1v) is 7.81. The summed E-state index contributed by atoms with van der Waals surface area (Å²) in [6.07, 6.45) is 4.16. The lowest BCUT2D eigenvalue weighted by atomic mass is 9.92. The Morgan fingerprint density at radius 1 is 1.24 bits per heavy atom. The maximum absolute atomic E-state index is 5.33. The number of benzene rings is 1. The molecule has 2 heterocycles. The first-order valence-electron chi connectivity index (χ1n) is 7.02. The van der Waals surface area contributed by atoms with Gasteiger partial charge in [0.2, 0.25) is 0 Å². The third kappa shape index (κ3) is 1.89. The molecule has 0 saturated carbocycles. The minimum atomic E-state index is 0.916. The van der Waals surface area contributed by atoms with Gasteiger partial charge in [-0.15, -0.1) is 0 Å². The van der Waals surface area contributed by atoms with Gasteiger partial charge < -0.3 is 9.14 Å². The number of fused-ring (bicyclic) bond motifs is 5. The summed E-state index contributed by atoms with van der Waals surface area (Å²) in [5, 5.41) is 0. The number of aryl methyl sites for hydroxylation is 3. The number of ether oxygens (including phenoxy) is 1. The van der Waals surface area contributed by atoms with Gasteiger partial charge in [-0.25, -0.2) is 4.98 Å². The molecule has 0 bridgehead atoms. The normalized spacial score (nSPS) is 13.1. The second-order valence-corrected chi connectivity index (χ2v) is 6.32. The Kier molecular flexibility index (Phi) is 2.82. The van der Waals surface area contributed by atoms with Crippen LogP contribution in [-0.2, 0) is 12.8 Å². The van der Waals surface area contributed by atoms with E-state index in [-0.39, 0.29) is 0 Å². The van der Waals surface area contributed by atoms with Crippen molar-refractivity contribution < 1.29 is 4.74 Å². The number of pyridine rings is 1. The van der Waals surface area contributed by atoms with Gasteiger partial charge in [-0.05, 0) is 71.1 Å². The molecule has 3 nitrogen and oxygen atoms in total. The first kappa shape index (κ1) is 12.9. The smallest absolute Gasteiger partial charge is 0.137 e. The van der Waals surface area contributed by atoms with Crippen molar-refractivity contribution >= 4 is 21.6 Å². The summed E-state index contributed by atoms with van der Waals surface area (Å²) in [7, 11) is 1.71. The van der Waals surface area contributed by atoms with Gasteiger partial charge in [0.05, 0.1) is 18.5 Å². The van der Waals surface area contributed by atoms with Crippen molar-refractivity contribution in [2.75, 3.05) is 7.11 Å². The second kappa shape index (κ2) is 4.60. The lowest BCUT2D eigenvalue weighted by Gasteiger charge is -2.16. The van der Waals surface area contributed by atoms with Crippen molar-refractivity contribution in [3.05, 3.63) is 51.8 Å². The molecule has 106 valence electrons. The van der Waals surface area contributed by atoms with Gasteiger partial charge in [0.25, 0.3) is 0 Å². The Hall–Kier alpha value is -1.81. The summed E-state index contributed by atoms with van der Waals surface area (Å²) < 4.78 is 8.66. The lowest BCUT2D eigenvalue weighted by molar-refractivity contribution is 0.414. The Bertz CT molecular complexity index is 867. The SMILES string of the molecule is COc1ccc2c(c1)CCc1c-2nc2cc(C)c(Br)cn12. The van der Waals surface area contributed by atoms with Crippen LogP contribution in [0.4, 0.5) is 0 Å². The summed E-state index contributed by atoms with van der Waals surface area (Å²) in [6, 6.07) is 8.40. The number of rotatable bonds is 1. The van der Waals surface area contributed by atoms with Crippen molar-refractivity contribution in [1.82, 2.24) is 9.38 Å². The predicted molar refractivity (Wildman–Crippen MR) is 87.0 cm³/mol. The highest BCUT2D eigenvalue weighted by Crippen LogP contribution is 2.36. The minimum absolute atomic E-state index is 0.916. The topological polar surface area (TPSA) is 26.5 Å². The molecule has 4 heteroatoms. The molecule has 0 saturated heterocycles. The first-order chi connectivity index (χ1) is 10.2. The van der Waals surface area contributed by atoms with Gasteiger partial charge in [-0.1, -0.05) is 0 Å². The van der Waals surface area contributed by atoms with E-state index < -0.39 is 0 Å². The Balaban J connectivity index is 1.98. The van der Waals surface area contributed by atoms with Crippen molar-refractivity contribution in [2.45, 2.75) is 19.8 Å². The Morgan fingerprint density at radius 3 is 2.90 bits per heavy atom. The number of nitrogens with zero attached hydrogens (tertiary/aromatic N) is 2. The summed E-state index contributed by atoms with van der Waals surface area (Å²) in [5.41, 5.74) is 7.18. The third-order valence-corrected chi connectivity index (χ3v) is 5.03. The van der Waals surface area contributed by atoms with E-state index in [0.29, 0.717) is 0 Å². The number of hydrogen-bond donors (Lipinski definition) is 0. The molecule has 3 aromatic rings. The molecule has 4 rings (SSSR count). The van der Waals surface area contributed by atoms with E-state index in [1.807, 2.05) is 6.07 Å². The van der Waals surface area contributed by atoms with Gasteiger partial charge in [0, 0.05) is 16.2 Å². The van der Waals surface area contributed by atoms with E-state index in [9.17, 15) is 0 Å². The standard InChI is InChI=1S/C17H15BrN2O/c1-10-7-16-19-17-13-5-4-12(21-2)8-11(13)3-6-15(17)20(16)9-14(10)18/h4-5,7-9H,3,6H2,1-2H3. The number of imidazole rings is 1. The highest BCUT2D eigenvalue weighted by molar-refractivity contribution is 9.10. The lowest BCUT2D eigenvalue weighted by Crippen LogP contribution is -2.05. The Morgan fingerprint density at radius 2 is 2.10 bits per heavy atom. The molecule has 0 N–H and O–H groups in total.